The van der Waals surface area contributed by atoms with Crippen molar-refractivity contribution in [3.8, 4) is 0 Å². The molecule has 22 heavy (non-hydrogen) atoms. The average Bonchev–Trinajstić information content (AvgIpc) is 2.97. The second-order valence-corrected chi connectivity index (χ2v) is 5.16. The van der Waals surface area contributed by atoms with E-state index in [1.54, 1.807) is 25.7 Å². The fourth-order valence-electron chi connectivity index (χ4n) is 2.52. The van der Waals surface area contributed by atoms with Crippen LogP contribution in [0.3, 0.4) is 0 Å². The molecule has 1 aliphatic heterocycles. The topological polar surface area (TPSA) is 96.0 Å². The van der Waals surface area contributed by atoms with Gasteiger partial charge >= 0.3 is 0 Å². The van der Waals surface area contributed by atoms with Crippen LogP contribution in [0.1, 0.15) is 12.1 Å². The van der Waals surface area contributed by atoms with E-state index in [0.29, 0.717) is 18.2 Å². The Bertz CT molecular complexity index is 675. The molecule has 0 spiro atoms. The van der Waals surface area contributed by atoms with Crippen molar-refractivity contribution in [1.82, 2.24) is 19.9 Å². The number of hydrogen-bond donors (Lipinski definition) is 2. The predicted octanol–water partition coefficient (Wildman–Crippen LogP) is 0.397. The van der Waals surface area contributed by atoms with Gasteiger partial charge in [-0.25, -0.2) is 9.97 Å². The molecule has 3 rings (SSSR count). The molecule has 0 aromatic carbocycles. The Morgan fingerprint density at radius 2 is 2.41 bits per heavy atom. The van der Waals surface area contributed by atoms with Crippen molar-refractivity contribution in [2.45, 2.75) is 19.1 Å². The number of aromatic amines is 1. The molecule has 1 aliphatic rings. The molecule has 0 aliphatic carbocycles. The van der Waals surface area contributed by atoms with E-state index in [4.69, 9.17) is 4.74 Å². The van der Waals surface area contributed by atoms with Gasteiger partial charge < -0.3 is 15.0 Å². The number of rotatable bonds is 5. The van der Waals surface area contributed by atoms with Crippen molar-refractivity contribution in [1.29, 1.82) is 0 Å². The summed E-state index contributed by atoms with van der Waals surface area (Å²) in [5.74, 6) is 1.34. The summed E-state index contributed by atoms with van der Waals surface area (Å²) in [5, 5.41) is 3.34. The van der Waals surface area contributed by atoms with Gasteiger partial charge in [0.1, 0.15) is 5.82 Å². The maximum Gasteiger partial charge on any atom is 0.252 e. The first-order chi connectivity index (χ1) is 10.7. The Hall–Kier alpha value is -2.48. The van der Waals surface area contributed by atoms with Crippen molar-refractivity contribution >= 4 is 11.8 Å². The van der Waals surface area contributed by atoms with Crippen LogP contribution in [0.4, 0.5) is 11.8 Å². The Morgan fingerprint density at radius 3 is 3.18 bits per heavy atom. The molecule has 0 saturated carbocycles. The smallest absolute Gasteiger partial charge is 0.252 e. The lowest BCUT2D eigenvalue weighted by molar-refractivity contribution is 0.181. The highest BCUT2D eigenvalue weighted by molar-refractivity contribution is 5.38. The van der Waals surface area contributed by atoms with E-state index in [2.05, 4.69) is 30.2 Å². The minimum atomic E-state index is -0.164. The molecule has 1 atom stereocenters. The quantitative estimate of drug-likeness (QED) is 0.825. The number of ether oxygens (including phenoxy) is 1. The highest BCUT2D eigenvalue weighted by atomic mass is 16.5. The van der Waals surface area contributed by atoms with Crippen LogP contribution in [0.5, 0.6) is 0 Å². The van der Waals surface area contributed by atoms with Crippen LogP contribution >= 0.6 is 0 Å². The highest BCUT2D eigenvalue weighted by Gasteiger charge is 2.24. The fraction of sp³-hybridized carbons (Fsp3) is 0.429. The van der Waals surface area contributed by atoms with Crippen LogP contribution in [-0.4, -0.2) is 46.2 Å². The number of anilines is 2. The summed E-state index contributed by atoms with van der Waals surface area (Å²) in [4.78, 5) is 29.2. The Kier molecular flexibility index (Phi) is 4.29. The lowest BCUT2D eigenvalue weighted by Crippen LogP contribution is -2.29. The van der Waals surface area contributed by atoms with Crippen molar-refractivity contribution < 1.29 is 4.74 Å². The van der Waals surface area contributed by atoms with Crippen LogP contribution in [0.25, 0.3) is 0 Å². The summed E-state index contributed by atoms with van der Waals surface area (Å²) in [7, 11) is 1.58. The monoisotopic (exact) mass is 302 g/mol. The Morgan fingerprint density at radius 1 is 1.50 bits per heavy atom. The lowest BCUT2D eigenvalue weighted by Gasteiger charge is -2.18. The lowest BCUT2D eigenvalue weighted by atomic mass is 10.3. The van der Waals surface area contributed by atoms with Gasteiger partial charge in [-0.3, -0.25) is 14.8 Å². The number of nitrogens with one attached hydrogen (secondary N) is 2. The molecule has 2 N–H and O–H groups in total. The van der Waals surface area contributed by atoms with Crippen LogP contribution in [-0.2, 0) is 11.3 Å². The molecule has 0 radical (unpaired) electrons. The molecule has 116 valence electrons. The van der Waals surface area contributed by atoms with Crippen molar-refractivity contribution in [3.63, 3.8) is 0 Å². The molecule has 2 aromatic heterocycles. The van der Waals surface area contributed by atoms with Gasteiger partial charge in [-0.2, -0.15) is 0 Å². The first-order valence-corrected chi connectivity index (χ1v) is 7.11. The summed E-state index contributed by atoms with van der Waals surface area (Å²) in [6.45, 7) is 1.89. The molecule has 1 fully saturated rings. The number of nitrogens with zero attached hydrogens (tertiary/aromatic N) is 4. The molecule has 0 amide bonds. The standard InChI is InChI=1S/C14H18N6O2/c1-22-9-11-6-13(21)19-14(18-11)20-5-2-10(8-20)17-12-7-15-3-4-16-12/h3-4,6-7,10H,2,5,8-9H2,1H3,(H,16,17)(H,18,19,21). The van der Waals surface area contributed by atoms with Crippen LogP contribution in [0, 0.1) is 0 Å². The molecular formula is C14H18N6O2. The van der Waals surface area contributed by atoms with E-state index in [1.807, 2.05) is 0 Å². The number of hydrogen-bond acceptors (Lipinski definition) is 7. The predicted molar refractivity (Wildman–Crippen MR) is 81.8 cm³/mol. The minimum Gasteiger partial charge on any atom is -0.378 e. The third-order valence-corrected chi connectivity index (χ3v) is 3.48. The molecule has 1 unspecified atom stereocenters. The number of methoxy groups -OCH3 is 1. The summed E-state index contributed by atoms with van der Waals surface area (Å²) in [6.07, 6.45) is 5.93. The van der Waals surface area contributed by atoms with Crippen molar-refractivity contribution in [3.05, 3.63) is 40.7 Å². The van der Waals surface area contributed by atoms with Crippen LogP contribution in [0.2, 0.25) is 0 Å². The van der Waals surface area contributed by atoms with E-state index in [-0.39, 0.29) is 11.6 Å². The summed E-state index contributed by atoms with van der Waals surface area (Å²) in [5.41, 5.74) is 0.467. The van der Waals surface area contributed by atoms with E-state index in [0.717, 1.165) is 25.3 Å². The van der Waals surface area contributed by atoms with Gasteiger partial charge in [-0.15, -0.1) is 0 Å². The summed E-state index contributed by atoms with van der Waals surface area (Å²) >= 11 is 0. The molecular weight excluding hydrogens is 284 g/mol. The van der Waals surface area contributed by atoms with E-state index >= 15 is 0 Å². The molecule has 8 nitrogen and oxygen atoms in total. The number of H-pyrrole nitrogens is 1. The van der Waals surface area contributed by atoms with Crippen LogP contribution < -0.4 is 15.8 Å². The third-order valence-electron chi connectivity index (χ3n) is 3.48. The maximum absolute atomic E-state index is 11.7. The van der Waals surface area contributed by atoms with E-state index in [1.165, 1.54) is 6.07 Å². The third kappa shape index (κ3) is 3.40. The van der Waals surface area contributed by atoms with Crippen molar-refractivity contribution in [2.75, 3.05) is 30.4 Å². The van der Waals surface area contributed by atoms with Gasteiger partial charge in [0.25, 0.3) is 5.56 Å². The highest BCUT2D eigenvalue weighted by Crippen LogP contribution is 2.18. The van der Waals surface area contributed by atoms with Crippen molar-refractivity contribution in [2.24, 2.45) is 0 Å². The van der Waals surface area contributed by atoms with Crippen LogP contribution in [0.15, 0.2) is 29.5 Å². The zero-order valence-electron chi connectivity index (χ0n) is 12.3. The Balaban J connectivity index is 1.68. The molecule has 8 heteroatoms. The zero-order chi connectivity index (χ0) is 15.4. The summed E-state index contributed by atoms with van der Waals surface area (Å²) < 4.78 is 5.04. The fourth-order valence-corrected chi connectivity index (χ4v) is 2.52. The average molecular weight is 302 g/mol. The summed E-state index contributed by atoms with van der Waals surface area (Å²) in [6, 6.07) is 1.70. The first-order valence-electron chi connectivity index (χ1n) is 7.11. The SMILES string of the molecule is COCc1cc(=O)[nH]c(N2CCC(Nc3cnccn3)C2)n1. The normalized spacial score (nSPS) is 17.7. The minimum absolute atomic E-state index is 0.164. The van der Waals surface area contributed by atoms with E-state index < -0.39 is 0 Å². The zero-order valence-corrected chi connectivity index (χ0v) is 12.3. The molecule has 2 aromatic rings. The maximum atomic E-state index is 11.7. The number of aromatic nitrogens is 4. The van der Waals surface area contributed by atoms with Gasteiger partial charge in [0.05, 0.1) is 18.5 Å². The van der Waals surface area contributed by atoms with Gasteiger partial charge in [-0.05, 0) is 6.42 Å². The van der Waals surface area contributed by atoms with Gasteiger partial charge in [0, 0.05) is 44.7 Å². The largest absolute Gasteiger partial charge is 0.378 e. The van der Waals surface area contributed by atoms with Gasteiger partial charge in [0.2, 0.25) is 5.95 Å². The molecule has 0 bridgehead atoms. The van der Waals surface area contributed by atoms with Gasteiger partial charge in [-0.1, -0.05) is 0 Å². The molecule has 1 saturated heterocycles. The Labute approximate surface area is 127 Å². The second kappa shape index (κ2) is 6.52. The van der Waals surface area contributed by atoms with E-state index in [9.17, 15) is 4.79 Å². The van der Waals surface area contributed by atoms with Gasteiger partial charge in [0.15, 0.2) is 0 Å². The molecule has 3 heterocycles. The second-order valence-electron chi connectivity index (χ2n) is 5.16. The first kappa shape index (κ1) is 14.5.